The van der Waals surface area contributed by atoms with Crippen LogP contribution in [0.2, 0.25) is 0 Å². The van der Waals surface area contributed by atoms with E-state index in [1.807, 2.05) is 81.7 Å². The third-order valence-electron chi connectivity index (χ3n) is 12.3. The van der Waals surface area contributed by atoms with Gasteiger partial charge >= 0.3 is 6.01 Å². The molecular formula is C47H49N9O6S2. The number of aromatic hydroxyl groups is 1. The molecule has 17 heteroatoms. The Labute approximate surface area is 378 Å². The number of fused-ring (bicyclic) bond motifs is 1. The van der Waals surface area contributed by atoms with E-state index in [4.69, 9.17) is 14.2 Å². The molecule has 2 aliphatic rings. The number of likely N-dealkylation sites (tertiary alicyclic amines) is 1. The van der Waals surface area contributed by atoms with Gasteiger partial charge in [-0.3, -0.25) is 9.59 Å². The largest absolute Gasteiger partial charge is 0.507 e. The Bertz CT molecular complexity index is 2800. The lowest BCUT2D eigenvalue weighted by molar-refractivity contribution is -0.141. The number of piperidine rings is 1. The number of phenolic OH excluding ortho intramolecular Hbond substituents is 1. The Morgan fingerprint density at radius 3 is 2.50 bits per heavy atom. The average molecular weight is 900 g/mol. The molecule has 7 heterocycles. The second-order valence-corrected chi connectivity index (χ2v) is 18.8. The van der Waals surface area contributed by atoms with Crippen molar-refractivity contribution in [2.45, 2.75) is 83.9 Å². The molecule has 330 valence electrons. The van der Waals surface area contributed by atoms with Crippen molar-refractivity contribution in [1.82, 2.24) is 40.5 Å². The van der Waals surface area contributed by atoms with Crippen LogP contribution in [0.15, 0.2) is 83.0 Å². The number of nitrogens with zero attached hydrogens (tertiary/aromatic N) is 8. The number of β-amino-alcohol motifs (C(OH)–C–C–N with tert-alkyl or cyclic N) is 1. The summed E-state index contributed by atoms with van der Waals surface area (Å²) in [4.78, 5) is 48.4. The molecule has 5 aromatic heterocycles. The third-order valence-corrected chi connectivity index (χ3v) is 14.6. The fourth-order valence-corrected chi connectivity index (χ4v) is 10.9. The third kappa shape index (κ3) is 8.66. The van der Waals surface area contributed by atoms with E-state index < -0.39 is 18.1 Å². The first-order chi connectivity index (χ1) is 30.9. The van der Waals surface area contributed by atoms with Gasteiger partial charge in [0.05, 0.1) is 33.9 Å². The Balaban J connectivity index is 0.828. The number of amides is 2. The molecule has 2 unspecified atom stereocenters. The molecule has 2 saturated heterocycles. The summed E-state index contributed by atoms with van der Waals surface area (Å²) in [5.74, 6) is -0.0856. The monoisotopic (exact) mass is 899 g/mol. The highest BCUT2D eigenvalue weighted by Gasteiger charge is 2.43. The summed E-state index contributed by atoms with van der Waals surface area (Å²) in [5.41, 5.74) is 7.28. The van der Waals surface area contributed by atoms with E-state index in [0.29, 0.717) is 17.2 Å². The first kappa shape index (κ1) is 43.0. The van der Waals surface area contributed by atoms with Crippen molar-refractivity contribution in [2.75, 3.05) is 24.5 Å². The van der Waals surface area contributed by atoms with Crippen LogP contribution in [0, 0.1) is 19.8 Å². The Morgan fingerprint density at radius 1 is 0.984 bits per heavy atom. The van der Waals surface area contributed by atoms with Gasteiger partial charge in [-0.15, -0.1) is 32.9 Å². The van der Waals surface area contributed by atoms with E-state index in [1.165, 1.54) is 15.3 Å². The molecule has 15 nitrogen and oxygen atoms in total. The Morgan fingerprint density at radius 2 is 1.77 bits per heavy atom. The number of benzene rings is 2. The molecule has 7 aromatic rings. The van der Waals surface area contributed by atoms with Crippen molar-refractivity contribution < 1.29 is 29.1 Å². The van der Waals surface area contributed by atoms with Crippen molar-refractivity contribution in [3.8, 4) is 39.3 Å². The summed E-state index contributed by atoms with van der Waals surface area (Å²) in [6, 6.07) is 19.5. The van der Waals surface area contributed by atoms with Crippen LogP contribution < -0.4 is 15.0 Å². The second-order valence-electron chi connectivity index (χ2n) is 16.9. The highest BCUT2D eigenvalue weighted by Crippen LogP contribution is 2.41. The van der Waals surface area contributed by atoms with E-state index >= 15 is 0 Å². The number of nitrogens with one attached hydrogen (secondary N) is 1. The number of aryl methyl sites for hydroxylation is 2. The zero-order valence-corrected chi connectivity index (χ0v) is 37.8. The quantitative estimate of drug-likeness (QED) is 0.106. The molecule has 0 bridgehead atoms. The maximum Gasteiger partial charge on any atom is 0.325 e. The minimum absolute atomic E-state index is 0.0207. The van der Waals surface area contributed by atoms with Crippen molar-refractivity contribution in [2.24, 2.45) is 5.92 Å². The number of carbonyl (C=O) groups excluding carboxylic acids is 2. The van der Waals surface area contributed by atoms with Gasteiger partial charge in [0, 0.05) is 54.1 Å². The van der Waals surface area contributed by atoms with E-state index in [9.17, 15) is 19.8 Å². The highest BCUT2D eigenvalue weighted by molar-refractivity contribution is 7.19. The number of anilines is 1. The number of thiophene rings is 1. The molecule has 2 aromatic carbocycles. The van der Waals surface area contributed by atoms with Crippen LogP contribution in [0.4, 0.5) is 5.82 Å². The molecule has 2 fully saturated rings. The van der Waals surface area contributed by atoms with Crippen LogP contribution in [-0.4, -0.2) is 89.0 Å². The summed E-state index contributed by atoms with van der Waals surface area (Å²) >= 11 is 3.27. The van der Waals surface area contributed by atoms with Crippen LogP contribution in [0.5, 0.6) is 17.6 Å². The second kappa shape index (κ2) is 18.1. The lowest BCUT2D eigenvalue weighted by Gasteiger charge is -2.32. The smallest absolute Gasteiger partial charge is 0.325 e. The number of hydrogen-bond acceptors (Lipinski definition) is 15. The van der Waals surface area contributed by atoms with Gasteiger partial charge in [-0.25, -0.2) is 9.97 Å². The number of thiazole rings is 1. The van der Waals surface area contributed by atoms with Crippen LogP contribution >= 0.6 is 22.7 Å². The number of aliphatic hydroxyl groups is 1. The maximum absolute atomic E-state index is 14.3. The fourth-order valence-electron chi connectivity index (χ4n) is 8.85. The first-order valence-electron chi connectivity index (χ1n) is 21.5. The first-order valence-corrected chi connectivity index (χ1v) is 23.2. The summed E-state index contributed by atoms with van der Waals surface area (Å²) in [5, 5.41) is 38.3. The van der Waals surface area contributed by atoms with Gasteiger partial charge in [0.15, 0.2) is 5.76 Å². The number of aliphatic hydroxyl groups excluding tert-OH is 1. The van der Waals surface area contributed by atoms with Gasteiger partial charge in [0.1, 0.15) is 28.4 Å². The Hall–Kier alpha value is -6.30. The van der Waals surface area contributed by atoms with Gasteiger partial charge < -0.3 is 34.6 Å². The van der Waals surface area contributed by atoms with Crippen LogP contribution in [0.25, 0.3) is 31.9 Å². The Kier molecular flexibility index (Phi) is 12.1. The summed E-state index contributed by atoms with van der Waals surface area (Å²) in [6.45, 7) is 11.4. The lowest BCUT2D eigenvalue weighted by atomic mass is 9.91. The number of rotatable bonds is 12. The van der Waals surface area contributed by atoms with Crippen LogP contribution in [-0.2, 0) is 9.59 Å². The number of aromatic nitrogens is 6. The minimum Gasteiger partial charge on any atom is -0.507 e. The molecule has 9 rings (SSSR count). The number of ether oxygens (including phenoxy) is 1. The number of carbonyl (C=O) groups is 2. The zero-order valence-electron chi connectivity index (χ0n) is 36.1. The maximum atomic E-state index is 14.3. The number of phenols is 1. The zero-order chi connectivity index (χ0) is 44.6. The summed E-state index contributed by atoms with van der Waals surface area (Å²) in [6.07, 6.45) is 2.75. The molecule has 0 saturated carbocycles. The fraction of sp³-hybridized carbons (Fsp3) is 0.362. The van der Waals surface area contributed by atoms with E-state index in [0.717, 1.165) is 63.7 Å². The average Bonchev–Trinajstić information content (AvgIpc) is 4.11. The predicted octanol–water partition coefficient (Wildman–Crippen LogP) is 8.34. The van der Waals surface area contributed by atoms with Crippen molar-refractivity contribution >= 4 is 50.5 Å². The van der Waals surface area contributed by atoms with Crippen LogP contribution in [0.1, 0.15) is 85.4 Å². The molecule has 3 N–H and O–H groups in total. The molecule has 2 aliphatic heterocycles. The summed E-state index contributed by atoms with van der Waals surface area (Å²) in [7, 11) is 0. The minimum atomic E-state index is -0.863. The number of hydrogen-bond donors (Lipinski definition) is 3. The molecule has 2 amide bonds. The van der Waals surface area contributed by atoms with Crippen molar-refractivity contribution in [1.29, 1.82) is 0 Å². The van der Waals surface area contributed by atoms with Crippen LogP contribution in [0.3, 0.4) is 0 Å². The van der Waals surface area contributed by atoms with Gasteiger partial charge in [-0.05, 0) is 91.6 Å². The van der Waals surface area contributed by atoms with Gasteiger partial charge in [0.2, 0.25) is 11.8 Å². The predicted molar refractivity (Wildman–Crippen MR) is 245 cm³/mol. The lowest BCUT2D eigenvalue weighted by Crippen LogP contribution is -2.48. The molecule has 0 spiro atoms. The van der Waals surface area contributed by atoms with E-state index in [-0.39, 0.29) is 60.1 Å². The normalized spacial score (nSPS) is 17.9. The molecule has 0 aliphatic carbocycles. The molecular weight excluding hydrogens is 851 g/mol. The van der Waals surface area contributed by atoms with Gasteiger partial charge in [0.25, 0.3) is 5.88 Å². The molecule has 4 atom stereocenters. The van der Waals surface area contributed by atoms with E-state index in [1.54, 1.807) is 47.1 Å². The van der Waals surface area contributed by atoms with Crippen molar-refractivity contribution in [3.05, 3.63) is 106 Å². The van der Waals surface area contributed by atoms with Crippen molar-refractivity contribution in [3.63, 3.8) is 0 Å². The topological polar surface area (TPSA) is 193 Å². The van der Waals surface area contributed by atoms with Gasteiger partial charge in [-0.2, -0.15) is 4.98 Å². The van der Waals surface area contributed by atoms with E-state index in [2.05, 4.69) is 42.5 Å². The molecule has 64 heavy (non-hydrogen) atoms. The summed E-state index contributed by atoms with van der Waals surface area (Å²) < 4.78 is 11.7. The van der Waals surface area contributed by atoms with Gasteiger partial charge in [-0.1, -0.05) is 50.2 Å². The standard InChI is InChI=1S/C47H49N9O6S2/c1-25(2)41(46(60)56-23-32(57)20-36(56)44(59)50-27(4)29-10-12-30(13-11-29)43-28(5)49-24-63-43)38-22-40(54-62-38)61-47-48-17-14-39(51-47)55-18-15-31(16-19-55)42-26(3)34-21-35(52-53-45(34)64-42)33-8-6-7-9-37(33)58/h6-14,17,21-22,24-25,27,31-32,36,41,57-58H,15-16,18-20,23H2,1-5H3,(H,50,59)/t27?,32-,36+,41?/m1/s1. The highest BCUT2D eigenvalue weighted by atomic mass is 32.1. The SMILES string of the molecule is Cc1ncsc1-c1ccc(C(C)NC(=O)[C@@H]2C[C@@H](O)CN2C(=O)C(c2cc(Oc3nccc(N4CCC(c5sc6nnc(-c7ccccc7O)cc6c5C)CC4)n3)no2)C(C)C)cc1. The number of para-hydroxylation sites is 1. The molecule has 0 radical (unpaired) electrons.